The smallest absolute Gasteiger partial charge is 0.182 e. The zero-order chi connectivity index (χ0) is 7.95. The second kappa shape index (κ2) is 2.94. The quantitative estimate of drug-likeness (QED) is 0.529. The molecule has 11 heavy (non-hydrogen) atoms. The maximum atomic E-state index is 6.00. The van der Waals surface area contributed by atoms with Gasteiger partial charge in [0.15, 0.2) is 8.53 Å². The third-order valence-electron chi connectivity index (χ3n) is 1.72. The van der Waals surface area contributed by atoms with Crippen LogP contribution < -0.4 is 0 Å². The van der Waals surface area contributed by atoms with E-state index in [1.165, 1.54) is 0 Å². The molecule has 0 amide bonds. The lowest BCUT2D eigenvalue weighted by molar-refractivity contribution is 0.0589. The van der Waals surface area contributed by atoms with Crippen LogP contribution in [0.1, 0.15) is 26.7 Å². The van der Waals surface area contributed by atoms with Crippen molar-refractivity contribution < 1.29 is 4.74 Å². The highest BCUT2D eigenvalue weighted by atomic mass is 33.2. The second-order valence-electron chi connectivity index (χ2n) is 2.51. The molecule has 0 bridgehead atoms. The van der Waals surface area contributed by atoms with Crippen LogP contribution in [0, 0.1) is 0 Å². The van der Waals surface area contributed by atoms with Gasteiger partial charge in [-0.2, -0.15) is 0 Å². The third-order valence-corrected chi connectivity index (χ3v) is 7.51. The summed E-state index contributed by atoms with van der Waals surface area (Å²) in [5.41, 5.74) is 0. The average Bonchev–Trinajstić information content (AvgIpc) is 2.90. The van der Waals surface area contributed by atoms with E-state index < -0.39 is 0 Å². The largest absolute Gasteiger partial charge is 0.325 e. The van der Waals surface area contributed by atoms with Crippen LogP contribution >= 0.6 is 43.2 Å². The monoisotopic (exact) mass is 226 g/mol. The molecule has 0 N–H and O–H groups in total. The summed E-state index contributed by atoms with van der Waals surface area (Å²) in [6.45, 7) is 4.38. The van der Waals surface area contributed by atoms with Crippen LogP contribution in [-0.4, -0.2) is 8.53 Å². The zero-order valence-electron chi connectivity index (χ0n) is 6.46. The Morgan fingerprint density at radius 3 is 1.45 bits per heavy atom. The minimum Gasteiger partial charge on any atom is -0.325 e. The van der Waals surface area contributed by atoms with Crippen LogP contribution in [-0.2, 0) is 4.74 Å². The lowest BCUT2D eigenvalue weighted by Crippen LogP contribution is -2.19. The Kier molecular flexibility index (Phi) is 2.39. The molecule has 2 rings (SSSR count). The van der Waals surface area contributed by atoms with Crippen molar-refractivity contribution in [2.45, 2.75) is 35.2 Å². The Balaban J connectivity index is 1.89. The van der Waals surface area contributed by atoms with E-state index >= 15 is 0 Å². The third kappa shape index (κ3) is 1.82. The van der Waals surface area contributed by atoms with Crippen molar-refractivity contribution in [3.8, 4) is 0 Å². The maximum absolute atomic E-state index is 6.00. The summed E-state index contributed by atoms with van der Waals surface area (Å²) < 4.78 is 6.26. The van der Waals surface area contributed by atoms with Crippen LogP contribution in [0.5, 0.6) is 0 Å². The molecule has 2 saturated heterocycles. The molecule has 0 aromatic carbocycles. The summed E-state index contributed by atoms with van der Waals surface area (Å²) >= 11 is 0. The first-order valence-electron chi connectivity index (χ1n) is 3.68. The number of ether oxygens (including phenoxy) is 1. The summed E-state index contributed by atoms with van der Waals surface area (Å²) in [6.07, 6.45) is 2.23. The number of hydrogen-bond acceptors (Lipinski definition) is 5. The predicted molar refractivity (Wildman–Crippen MR) is 57.5 cm³/mol. The van der Waals surface area contributed by atoms with Crippen LogP contribution in [0.25, 0.3) is 0 Å². The van der Waals surface area contributed by atoms with Crippen LogP contribution in [0.2, 0.25) is 0 Å². The fourth-order valence-corrected chi connectivity index (χ4v) is 4.73. The Morgan fingerprint density at radius 1 is 0.909 bits per heavy atom. The molecule has 0 unspecified atom stereocenters. The van der Waals surface area contributed by atoms with Gasteiger partial charge in [-0.3, -0.25) is 0 Å². The molecular formula is C6H10OS4. The average molecular weight is 226 g/mol. The fraction of sp³-hybridized carbons (Fsp3) is 1.00. The van der Waals surface area contributed by atoms with Gasteiger partial charge in [0.2, 0.25) is 0 Å². The van der Waals surface area contributed by atoms with Crippen molar-refractivity contribution >= 4 is 43.2 Å². The van der Waals surface area contributed by atoms with Crippen LogP contribution in [0.4, 0.5) is 0 Å². The Morgan fingerprint density at radius 2 is 1.27 bits per heavy atom. The molecule has 0 radical (unpaired) electrons. The van der Waals surface area contributed by atoms with Gasteiger partial charge in [0.1, 0.15) is 0 Å². The van der Waals surface area contributed by atoms with Gasteiger partial charge in [-0.25, -0.2) is 0 Å². The number of hydrogen-bond donors (Lipinski definition) is 0. The van der Waals surface area contributed by atoms with E-state index in [2.05, 4.69) is 13.8 Å². The Labute approximate surface area is 83.0 Å². The first-order valence-corrected chi connectivity index (χ1v) is 7.98. The van der Waals surface area contributed by atoms with Crippen molar-refractivity contribution in [2.75, 3.05) is 0 Å². The molecule has 0 aromatic heterocycles. The van der Waals surface area contributed by atoms with E-state index in [9.17, 15) is 0 Å². The lowest BCUT2D eigenvalue weighted by atomic mass is 10.5. The van der Waals surface area contributed by atoms with E-state index in [1.807, 2.05) is 43.2 Å². The molecule has 2 heterocycles. The molecule has 64 valence electrons. The Bertz CT molecular complexity index is 146. The van der Waals surface area contributed by atoms with Gasteiger partial charge in [-0.15, -0.1) is 0 Å². The predicted octanol–water partition coefficient (Wildman–Crippen LogP) is 3.92. The molecule has 2 aliphatic rings. The molecule has 0 spiro atoms. The van der Waals surface area contributed by atoms with Gasteiger partial charge >= 0.3 is 0 Å². The highest BCUT2D eigenvalue weighted by Gasteiger charge is 2.58. The first-order chi connectivity index (χ1) is 5.24. The Hall–Kier alpha value is 1.36. The van der Waals surface area contributed by atoms with Gasteiger partial charge in [0, 0.05) is 0 Å². The normalized spacial score (nSPS) is 30.0. The van der Waals surface area contributed by atoms with Crippen molar-refractivity contribution in [3.05, 3.63) is 0 Å². The molecular weight excluding hydrogens is 216 g/mol. The zero-order valence-corrected chi connectivity index (χ0v) is 9.72. The molecule has 5 heteroatoms. The minimum absolute atomic E-state index is 0.131. The van der Waals surface area contributed by atoms with Gasteiger partial charge in [0.25, 0.3) is 0 Å². The van der Waals surface area contributed by atoms with E-state index in [-0.39, 0.29) is 8.53 Å². The molecule has 0 aromatic rings. The fourth-order valence-electron chi connectivity index (χ4n) is 0.778. The molecule has 2 aliphatic heterocycles. The first kappa shape index (κ1) is 8.94. The maximum Gasteiger partial charge on any atom is 0.182 e. The molecule has 2 fully saturated rings. The van der Waals surface area contributed by atoms with Crippen molar-refractivity contribution in [2.24, 2.45) is 0 Å². The summed E-state index contributed by atoms with van der Waals surface area (Å²) in [4.78, 5) is 0. The van der Waals surface area contributed by atoms with E-state index in [4.69, 9.17) is 4.74 Å². The van der Waals surface area contributed by atoms with Crippen molar-refractivity contribution in [1.29, 1.82) is 0 Å². The summed E-state index contributed by atoms with van der Waals surface area (Å²) in [7, 11) is 7.46. The van der Waals surface area contributed by atoms with Crippen molar-refractivity contribution in [3.63, 3.8) is 0 Å². The summed E-state index contributed by atoms with van der Waals surface area (Å²) in [5, 5.41) is 0. The van der Waals surface area contributed by atoms with E-state index in [0.29, 0.717) is 0 Å². The standard InChI is InChI=1S/C6H10OS4/c1-3-5(8-9-5)7-6(4-2)10-11-6/h3-4H2,1-2H3. The lowest BCUT2D eigenvalue weighted by Gasteiger charge is -2.15. The topological polar surface area (TPSA) is 9.23 Å². The highest BCUT2D eigenvalue weighted by molar-refractivity contribution is 8.94. The molecule has 1 nitrogen and oxygen atoms in total. The number of rotatable bonds is 4. The molecule has 0 atom stereocenters. The van der Waals surface area contributed by atoms with Crippen LogP contribution in [0.3, 0.4) is 0 Å². The van der Waals surface area contributed by atoms with E-state index in [1.54, 1.807) is 0 Å². The summed E-state index contributed by atoms with van der Waals surface area (Å²) in [5.74, 6) is 0. The highest BCUT2D eigenvalue weighted by Crippen LogP contribution is 2.76. The van der Waals surface area contributed by atoms with Crippen molar-refractivity contribution in [1.82, 2.24) is 0 Å². The van der Waals surface area contributed by atoms with Gasteiger partial charge < -0.3 is 4.74 Å². The second-order valence-corrected chi connectivity index (χ2v) is 8.33. The minimum atomic E-state index is 0.131. The molecule has 0 aliphatic carbocycles. The van der Waals surface area contributed by atoms with Gasteiger partial charge in [0.05, 0.1) is 0 Å². The van der Waals surface area contributed by atoms with Gasteiger partial charge in [-0.1, -0.05) is 13.8 Å². The summed E-state index contributed by atoms with van der Waals surface area (Å²) in [6, 6.07) is 0. The van der Waals surface area contributed by atoms with Gasteiger partial charge in [-0.05, 0) is 56.0 Å². The SMILES string of the molecule is CCC1(OC2(CC)SS2)SS1. The van der Waals surface area contributed by atoms with E-state index in [0.717, 1.165) is 12.8 Å². The molecule has 0 saturated carbocycles. The van der Waals surface area contributed by atoms with Crippen LogP contribution in [0.15, 0.2) is 0 Å².